The Bertz CT molecular complexity index is 1130. The molecule has 0 spiro atoms. The fraction of sp³-hybridized carbons (Fsp3) is 0.105. The lowest BCUT2D eigenvalue weighted by Crippen LogP contribution is -1.99. The molecule has 0 radical (unpaired) electrons. The Morgan fingerprint density at radius 2 is 1.84 bits per heavy atom. The van der Waals surface area contributed by atoms with E-state index in [1.807, 2.05) is 35.0 Å². The van der Waals surface area contributed by atoms with Crippen molar-refractivity contribution < 1.29 is 8.42 Å². The second-order valence-electron chi connectivity index (χ2n) is 5.92. The molecule has 6 heteroatoms. The van der Waals surface area contributed by atoms with E-state index < -0.39 is 9.84 Å². The molecule has 0 atom stereocenters. The first-order chi connectivity index (χ1) is 12.0. The average molecular weight is 368 g/mol. The largest absolute Gasteiger partial charge is 0.301 e. The van der Waals surface area contributed by atoms with Crippen LogP contribution in [0, 0.1) is 0 Å². The molecule has 0 aliphatic carbocycles. The van der Waals surface area contributed by atoms with Crippen LogP contribution in [0.3, 0.4) is 0 Å². The fourth-order valence-electron chi connectivity index (χ4n) is 2.80. The topological polar surface area (TPSA) is 52.0 Å². The summed E-state index contributed by atoms with van der Waals surface area (Å²) in [5.41, 5.74) is 2.78. The van der Waals surface area contributed by atoms with Gasteiger partial charge in [-0.3, -0.25) is 0 Å². The predicted molar refractivity (Wildman–Crippen MR) is 101 cm³/mol. The minimum atomic E-state index is -3.19. The molecule has 126 valence electrons. The highest BCUT2D eigenvalue weighted by Gasteiger charge is 2.10. The van der Waals surface area contributed by atoms with Crippen LogP contribution in [0.25, 0.3) is 16.7 Å². The van der Waals surface area contributed by atoms with Crippen LogP contribution in [-0.2, 0) is 16.3 Å². The highest BCUT2D eigenvalue weighted by atomic mass is 32.2. The third-order valence-electron chi connectivity index (χ3n) is 4.07. The lowest BCUT2D eigenvalue weighted by Gasteiger charge is -2.07. The van der Waals surface area contributed by atoms with E-state index in [9.17, 15) is 8.42 Å². The van der Waals surface area contributed by atoms with Gasteiger partial charge in [0.05, 0.1) is 4.90 Å². The normalized spacial score (nSPS) is 11.9. The second-order valence-corrected chi connectivity index (χ2v) is 8.97. The molecular formula is C19H16N2O2S2. The Morgan fingerprint density at radius 1 is 1.04 bits per heavy atom. The third-order valence-corrected chi connectivity index (χ3v) is 6.08. The summed E-state index contributed by atoms with van der Waals surface area (Å²) in [6.45, 7) is 0. The van der Waals surface area contributed by atoms with Crippen molar-refractivity contribution >= 4 is 32.2 Å². The molecule has 3 heterocycles. The Hall–Kier alpha value is -2.44. The number of pyridine rings is 1. The van der Waals surface area contributed by atoms with Gasteiger partial charge in [-0.15, -0.1) is 11.3 Å². The fourth-order valence-corrected chi connectivity index (χ4v) is 4.15. The zero-order valence-electron chi connectivity index (χ0n) is 13.6. The van der Waals surface area contributed by atoms with E-state index in [0.717, 1.165) is 28.8 Å². The summed E-state index contributed by atoms with van der Waals surface area (Å²) in [6.07, 6.45) is 3.99. The summed E-state index contributed by atoms with van der Waals surface area (Å²) in [4.78, 5) is 6.41. The van der Waals surface area contributed by atoms with E-state index in [1.54, 1.807) is 23.5 Å². The number of fused-ring (bicyclic) bond motifs is 1. The van der Waals surface area contributed by atoms with Gasteiger partial charge in [-0.05, 0) is 53.9 Å². The molecule has 4 nitrogen and oxygen atoms in total. The van der Waals surface area contributed by atoms with Crippen LogP contribution in [0.1, 0.15) is 10.6 Å². The van der Waals surface area contributed by atoms with Crippen LogP contribution in [0.5, 0.6) is 0 Å². The van der Waals surface area contributed by atoms with Gasteiger partial charge in [0.2, 0.25) is 0 Å². The zero-order valence-corrected chi connectivity index (χ0v) is 15.2. The van der Waals surface area contributed by atoms with Gasteiger partial charge in [0.15, 0.2) is 9.84 Å². The van der Waals surface area contributed by atoms with Crippen LogP contribution >= 0.6 is 11.3 Å². The first-order valence-electron chi connectivity index (χ1n) is 7.80. The van der Waals surface area contributed by atoms with E-state index in [4.69, 9.17) is 4.98 Å². The SMILES string of the molecule is CS(=O)(=O)c1ccc(-n2ccc3ccc(Cc4cccs4)nc32)cc1. The Labute approximate surface area is 150 Å². The maximum atomic E-state index is 11.6. The van der Waals surface area contributed by atoms with Gasteiger partial charge >= 0.3 is 0 Å². The van der Waals surface area contributed by atoms with Gasteiger partial charge < -0.3 is 4.57 Å². The van der Waals surface area contributed by atoms with Crippen LogP contribution in [-0.4, -0.2) is 24.2 Å². The van der Waals surface area contributed by atoms with E-state index >= 15 is 0 Å². The Kier molecular flexibility index (Phi) is 3.94. The third kappa shape index (κ3) is 3.23. The molecule has 0 bridgehead atoms. The Balaban J connectivity index is 1.74. The molecule has 0 fully saturated rings. The predicted octanol–water partition coefficient (Wildman–Crippen LogP) is 4.08. The van der Waals surface area contributed by atoms with Gasteiger partial charge in [0.1, 0.15) is 5.65 Å². The molecule has 1 aromatic carbocycles. The molecule has 3 aromatic heterocycles. The zero-order chi connectivity index (χ0) is 17.4. The summed E-state index contributed by atoms with van der Waals surface area (Å²) in [7, 11) is -3.19. The lowest BCUT2D eigenvalue weighted by molar-refractivity contribution is 0.602. The summed E-state index contributed by atoms with van der Waals surface area (Å²) in [5.74, 6) is 0. The van der Waals surface area contributed by atoms with E-state index in [2.05, 4.69) is 23.6 Å². The maximum Gasteiger partial charge on any atom is 0.175 e. The van der Waals surface area contributed by atoms with Crippen molar-refractivity contribution in [1.29, 1.82) is 0 Å². The molecule has 4 rings (SSSR count). The minimum Gasteiger partial charge on any atom is -0.301 e. The number of aromatic nitrogens is 2. The van der Waals surface area contributed by atoms with Crippen molar-refractivity contribution in [3.8, 4) is 5.69 Å². The summed E-state index contributed by atoms with van der Waals surface area (Å²) >= 11 is 1.73. The molecule has 0 aliphatic rings. The average Bonchev–Trinajstić information content (AvgIpc) is 3.23. The number of hydrogen-bond acceptors (Lipinski definition) is 4. The number of sulfone groups is 1. The first kappa shape index (κ1) is 16.1. The van der Waals surface area contributed by atoms with Gasteiger partial charge in [0, 0.05) is 40.5 Å². The van der Waals surface area contributed by atoms with E-state index in [0.29, 0.717) is 4.90 Å². The number of hydrogen-bond donors (Lipinski definition) is 0. The second kappa shape index (κ2) is 6.13. The highest BCUT2D eigenvalue weighted by molar-refractivity contribution is 7.90. The molecule has 0 saturated carbocycles. The van der Waals surface area contributed by atoms with Gasteiger partial charge in [0.25, 0.3) is 0 Å². The van der Waals surface area contributed by atoms with Crippen molar-refractivity contribution in [3.05, 3.63) is 76.7 Å². The number of thiophene rings is 1. The van der Waals surface area contributed by atoms with Crippen LogP contribution in [0.15, 0.2) is 71.1 Å². The maximum absolute atomic E-state index is 11.6. The molecular weight excluding hydrogens is 352 g/mol. The minimum absolute atomic E-state index is 0.319. The van der Waals surface area contributed by atoms with Crippen LogP contribution in [0.2, 0.25) is 0 Å². The summed E-state index contributed by atoms with van der Waals surface area (Å²) < 4.78 is 25.2. The van der Waals surface area contributed by atoms with Gasteiger partial charge in [-0.25, -0.2) is 13.4 Å². The molecule has 0 saturated heterocycles. The molecule has 25 heavy (non-hydrogen) atoms. The lowest BCUT2D eigenvalue weighted by atomic mass is 10.2. The quantitative estimate of drug-likeness (QED) is 0.545. The molecule has 0 amide bonds. The van der Waals surface area contributed by atoms with E-state index in [-0.39, 0.29) is 0 Å². The molecule has 0 unspecified atom stereocenters. The van der Waals surface area contributed by atoms with Crippen molar-refractivity contribution in [1.82, 2.24) is 9.55 Å². The van der Waals surface area contributed by atoms with Crippen molar-refractivity contribution in [2.24, 2.45) is 0 Å². The highest BCUT2D eigenvalue weighted by Crippen LogP contribution is 2.22. The monoisotopic (exact) mass is 368 g/mol. The summed E-state index contributed by atoms with van der Waals surface area (Å²) in [6, 6.07) is 17.2. The standard InChI is InChI=1S/C19H16N2O2S2/c1-25(22,23)18-8-6-16(7-9-18)21-11-10-14-4-5-15(20-19(14)21)13-17-3-2-12-24-17/h2-12H,13H2,1H3. The summed E-state index contributed by atoms with van der Waals surface area (Å²) in [5, 5.41) is 3.13. The van der Waals surface area contributed by atoms with Crippen molar-refractivity contribution in [2.75, 3.05) is 6.26 Å². The van der Waals surface area contributed by atoms with E-state index in [1.165, 1.54) is 11.1 Å². The van der Waals surface area contributed by atoms with Crippen LogP contribution < -0.4 is 0 Å². The molecule has 0 N–H and O–H groups in total. The van der Waals surface area contributed by atoms with Gasteiger partial charge in [-0.1, -0.05) is 6.07 Å². The Morgan fingerprint density at radius 3 is 2.52 bits per heavy atom. The van der Waals surface area contributed by atoms with Crippen molar-refractivity contribution in [3.63, 3.8) is 0 Å². The number of nitrogens with zero attached hydrogens (tertiary/aromatic N) is 2. The number of rotatable bonds is 4. The first-order valence-corrected chi connectivity index (χ1v) is 10.6. The van der Waals surface area contributed by atoms with Gasteiger partial charge in [-0.2, -0.15) is 0 Å². The number of benzene rings is 1. The van der Waals surface area contributed by atoms with Crippen LogP contribution in [0.4, 0.5) is 0 Å². The van der Waals surface area contributed by atoms with Crippen molar-refractivity contribution in [2.45, 2.75) is 11.3 Å². The smallest absolute Gasteiger partial charge is 0.175 e. The molecule has 4 aromatic rings. The molecule has 0 aliphatic heterocycles.